The second-order valence-corrected chi connectivity index (χ2v) is 5.40. The predicted octanol–water partition coefficient (Wildman–Crippen LogP) is 3.18. The third kappa shape index (κ3) is 3.21. The number of Topliss-reactive ketones (excluding diaryl/α,β-unsaturated/α-hetero) is 1. The van der Waals surface area contributed by atoms with Crippen LogP contribution in [-0.2, 0) is 14.3 Å². The SMILES string of the molecule is CC(=O)OC(C1=CCCCC1=O)C1CCCCC1. The topological polar surface area (TPSA) is 43.4 Å². The Labute approximate surface area is 109 Å². The standard InChI is InChI=1S/C15H22O3/c1-11(16)18-15(12-7-3-2-4-8-12)13-9-5-6-10-14(13)17/h9,12,15H,2-8,10H2,1H3. The van der Waals surface area contributed by atoms with Gasteiger partial charge in [-0.1, -0.05) is 25.3 Å². The largest absolute Gasteiger partial charge is 0.457 e. The third-order valence-electron chi connectivity index (χ3n) is 3.97. The second-order valence-electron chi connectivity index (χ2n) is 5.40. The Hall–Kier alpha value is -1.12. The molecule has 18 heavy (non-hydrogen) atoms. The number of hydrogen-bond acceptors (Lipinski definition) is 3. The van der Waals surface area contributed by atoms with E-state index in [1.165, 1.54) is 26.2 Å². The van der Waals surface area contributed by atoms with Gasteiger partial charge in [-0.2, -0.15) is 0 Å². The van der Waals surface area contributed by atoms with Crippen molar-refractivity contribution in [1.29, 1.82) is 0 Å². The molecule has 1 saturated carbocycles. The van der Waals surface area contributed by atoms with Crippen LogP contribution in [0.3, 0.4) is 0 Å². The molecule has 0 N–H and O–H groups in total. The average molecular weight is 250 g/mol. The number of ketones is 1. The van der Waals surface area contributed by atoms with Crippen LogP contribution in [0.25, 0.3) is 0 Å². The smallest absolute Gasteiger partial charge is 0.303 e. The molecule has 0 aromatic rings. The lowest BCUT2D eigenvalue weighted by atomic mass is 9.79. The molecule has 2 aliphatic carbocycles. The van der Waals surface area contributed by atoms with Gasteiger partial charge in [0, 0.05) is 24.8 Å². The van der Waals surface area contributed by atoms with Crippen molar-refractivity contribution in [2.24, 2.45) is 5.92 Å². The lowest BCUT2D eigenvalue weighted by Crippen LogP contribution is -2.33. The van der Waals surface area contributed by atoms with E-state index in [-0.39, 0.29) is 17.9 Å². The van der Waals surface area contributed by atoms with Crippen molar-refractivity contribution in [3.63, 3.8) is 0 Å². The summed E-state index contributed by atoms with van der Waals surface area (Å²) < 4.78 is 5.47. The summed E-state index contributed by atoms with van der Waals surface area (Å²) >= 11 is 0. The van der Waals surface area contributed by atoms with E-state index in [2.05, 4.69) is 0 Å². The molecule has 0 saturated heterocycles. The quantitative estimate of drug-likeness (QED) is 0.722. The van der Waals surface area contributed by atoms with E-state index in [0.29, 0.717) is 12.3 Å². The Morgan fingerprint density at radius 2 is 2.00 bits per heavy atom. The van der Waals surface area contributed by atoms with Crippen molar-refractivity contribution in [2.75, 3.05) is 0 Å². The molecule has 3 nitrogen and oxygen atoms in total. The first-order valence-corrected chi connectivity index (χ1v) is 7.09. The summed E-state index contributed by atoms with van der Waals surface area (Å²) in [7, 11) is 0. The maximum absolute atomic E-state index is 12.0. The molecule has 2 rings (SSSR count). The van der Waals surface area contributed by atoms with Gasteiger partial charge in [0.25, 0.3) is 0 Å². The number of allylic oxidation sites excluding steroid dienone is 1. The van der Waals surface area contributed by atoms with Crippen LogP contribution in [0.15, 0.2) is 11.6 Å². The average Bonchev–Trinajstić information content (AvgIpc) is 2.38. The fourth-order valence-corrected chi connectivity index (χ4v) is 3.08. The maximum atomic E-state index is 12.0. The summed E-state index contributed by atoms with van der Waals surface area (Å²) in [6, 6.07) is 0. The molecule has 0 amide bonds. The molecule has 2 aliphatic rings. The molecule has 1 fully saturated rings. The van der Waals surface area contributed by atoms with Crippen LogP contribution in [0, 0.1) is 5.92 Å². The lowest BCUT2D eigenvalue weighted by Gasteiger charge is -2.31. The van der Waals surface area contributed by atoms with E-state index in [9.17, 15) is 9.59 Å². The van der Waals surface area contributed by atoms with E-state index in [4.69, 9.17) is 4.74 Å². The number of carbonyl (C=O) groups excluding carboxylic acids is 2. The Morgan fingerprint density at radius 1 is 1.28 bits per heavy atom. The molecule has 3 heteroatoms. The number of ether oxygens (including phenoxy) is 1. The van der Waals surface area contributed by atoms with E-state index in [1.807, 2.05) is 6.08 Å². The first kappa shape index (κ1) is 13.3. The minimum atomic E-state index is -0.282. The fraction of sp³-hybridized carbons (Fsp3) is 0.733. The molecule has 100 valence electrons. The summed E-state index contributed by atoms with van der Waals surface area (Å²) in [5.74, 6) is 0.249. The Morgan fingerprint density at radius 3 is 2.61 bits per heavy atom. The van der Waals surface area contributed by atoms with Crippen molar-refractivity contribution in [3.05, 3.63) is 11.6 Å². The van der Waals surface area contributed by atoms with Gasteiger partial charge in [0.05, 0.1) is 0 Å². The van der Waals surface area contributed by atoms with E-state index < -0.39 is 0 Å². The number of carbonyl (C=O) groups is 2. The maximum Gasteiger partial charge on any atom is 0.303 e. The molecule has 0 bridgehead atoms. The number of hydrogen-bond donors (Lipinski definition) is 0. The van der Waals surface area contributed by atoms with Gasteiger partial charge in [0.15, 0.2) is 5.78 Å². The monoisotopic (exact) mass is 250 g/mol. The van der Waals surface area contributed by atoms with Gasteiger partial charge in [0.1, 0.15) is 6.10 Å². The van der Waals surface area contributed by atoms with Crippen LogP contribution in [0.5, 0.6) is 0 Å². The van der Waals surface area contributed by atoms with Crippen LogP contribution >= 0.6 is 0 Å². The van der Waals surface area contributed by atoms with Crippen molar-refractivity contribution in [2.45, 2.75) is 64.4 Å². The summed E-state index contributed by atoms with van der Waals surface area (Å²) in [5.41, 5.74) is 0.767. The Kier molecular flexibility index (Phi) is 4.56. The molecule has 0 aromatic carbocycles. The Bertz CT molecular complexity index is 351. The van der Waals surface area contributed by atoms with Crippen molar-refractivity contribution in [1.82, 2.24) is 0 Å². The molecule has 0 aromatic heterocycles. The number of esters is 1. The zero-order valence-corrected chi connectivity index (χ0v) is 11.1. The molecule has 0 radical (unpaired) electrons. The summed E-state index contributed by atoms with van der Waals surface area (Å²) in [5, 5.41) is 0. The Balaban J connectivity index is 2.15. The van der Waals surface area contributed by atoms with Crippen LogP contribution in [0.1, 0.15) is 58.3 Å². The van der Waals surface area contributed by atoms with Gasteiger partial charge < -0.3 is 4.74 Å². The van der Waals surface area contributed by atoms with E-state index in [0.717, 1.165) is 31.3 Å². The zero-order valence-electron chi connectivity index (χ0n) is 11.1. The third-order valence-corrected chi connectivity index (χ3v) is 3.97. The van der Waals surface area contributed by atoms with E-state index >= 15 is 0 Å². The molecule has 0 spiro atoms. The van der Waals surface area contributed by atoms with E-state index in [1.54, 1.807) is 0 Å². The highest BCUT2D eigenvalue weighted by atomic mass is 16.5. The highest BCUT2D eigenvalue weighted by Gasteiger charge is 2.33. The second kappa shape index (κ2) is 6.17. The summed E-state index contributed by atoms with van der Waals surface area (Å²) in [6.45, 7) is 1.43. The minimum absolute atomic E-state index is 0.179. The molecule has 0 aliphatic heterocycles. The van der Waals surface area contributed by atoms with Crippen molar-refractivity contribution >= 4 is 11.8 Å². The zero-order chi connectivity index (χ0) is 13.0. The molecule has 1 unspecified atom stereocenters. The minimum Gasteiger partial charge on any atom is -0.457 e. The van der Waals surface area contributed by atoms with Gasteiger partial charge in [-0.25, -0.2) is 0 Å². The molecular weight excluding hydrogens is 228 g/mol. The first-order valence-electron chi connectivity index (χ1n) is 7.09. The van der Waals surface area contributed by atoms with Crippen molar-refractivity contribution < 1.29 is 14.3 Å². The molecule has 0 heterocycles. The lowest BCUT2D eigenvalue weighted by molar-refractivity contribution is -0.148. The van der Waals surface area contributed by atoms with Crippen LogP contribution in [0.2, 0.25) is 0 Å². The normalized spacial score (nSPS) is 23.4. The highest BCUT2D eigenvalue weighted by Crippen LogP contribution is 2.33. The van der Waals surface area contributed by atoms with Crippen LogP contribution in [0.4, 0.5) is 0 Å². The molecule has 1 atom stereocenters. The van der Waals surface area contributed by atoms with Gasteiger partial charge in [-0.15, -0.1) is 0 Å². The summed E-state index contributed by atoms with van der Waals surface area (Å²) in [4.78, 5) is 23.3. The van der Waals surface area contributed by atoms with Crippen LogP contribution in [-0.4, -0.2) is 17.9 Å². The highest BCUT2D eigenvalue weighted by molar-refractivity contribution is 5.97. The van der Waals surface area contributed by atoms with Crippen LogP contribution < -0.4 is 0 Å². The summed E-state index contributed by atoms with van der Waals surface area (Å²) in [6.07, 6.45) is 9.96. The van der Waals surface area contributed by atoms with Gasteiger partial charge in [-0.3, -0.25) is 9.59 Å². The molecular formula is C15H22O3. The van der Waals surface area contributed by atoms with Gasteiger partial charge in [0.2, 0.25) is 0 Å². The van der Waals surface area contributed by atoms with Gasteiger partial charge >= 0.3 is 5.97 Å². The van der Waals surface area contributed by atoms with Gasteiger partial charge in [-0.05, 0) is 25.7 Å². The fourth-order valence-electron chi connectivity index (χ4n) is 3.08. The number of rotatable bonds is 3. The first-order chi connectivity index (χ1) is 8.68. The van der Waals surface area contributed by atoms with Crippen molar-refractivity contribution in [3.8, 4) is 0 Å². The predicted molar refractivity (Wildman–Crippen MR) is 69.1 cm³/mol.